The monoisotopic (exact) mass is 370 g/mol. The van der Waals surface area contributed by atoms with Crippen LogP contribution in [0.4, 0.5) is 0 Å². The number of aromatic nitrogens is 2. The van der Waals surface area contributed by atoms with Gasteiger partial charge < -0.3 is 19.4 Å². The fourth-order valence-electron chi connectivity index (χ4n) is 3.83. The molecule has 1 spiro atoms. The largest absolute Gasteiger partial charge is 0.497 e. The standard InChI is InChI=1S/C20H26N4O3/c1-26-17-4-2-16(3-5-17)24-12-9-21-18(24)14-23-10-7-20(8-11-23)15-22-19(25)6-13-27-20/h2-5,9,12H,6-8,10-11,13-15H2,1H3,(H,22,25). The third-order valence-electron chi connectivity index (χ3n) is 5.55. The molecule has 1 aromatic carbocycles. The summed E-state index contributed by atoms with van der Waals surface area (Å²) in [5.41, 5.74) is 0.875. The van der Waals surface area contributed by atoms with Gasteiger partial charge in [0.15, 0.2) is 0 Å². The Hall–Kier alpha value is -2.38. The first-order valence-electron chi connectivity index (χ1n) is 9.47. The van der Waals surface area contributed by atoms with Crippen LogP contribution in [-0.2, 0) is 16.1 Å². The van der Waals surface area contributed by atoms with Gasteiger partial charge in [-0.05, 0) is 37.1 Å². The van der Waals surface area contributed by atoms with Crippen molar-refractivity contribution < 1.29 is 14.3 Å². The van der Waals surface area contributed by atoms with Crippen LogP contribution in [0.2, 0.25) is 0 Å². The normalized spacial score (nSPS) is 20.3. The number of carbonyl (C=O) groups is 1. The number of imidazole rings is 1. The molecule has 0 aliphatic carbocycles. The number of piperidine rings is 1. The average molecular weight is 370 g/mol. The van der Waals surface area contributed by atoms with E-state index in [1.807, 2.05) is 36.7 Å². The number of amides is 1. The maximum atomic E-state index is 11.6. The van der Waals surface area contributed by atoms with Gasteiger partial charge in [0, 0.05) is 44.1 Å². The molecule has 0 saturated carbocycles. The molecule has 2 saturated heterocycles. The molecule has 27 heavy (non-hydrogen) atoms. The number of methoxy groups -OCH3 is 1. The highest BCUT2D eigenvalue weighted by Gasteiger charge is 2.37. The zero-order valence-electron chi connectivity index (χ0n) is 15.7. The summed E-state index contributed by atoms with van der Waals surface area (Å²) in [6.45, 7) is 3.81. The number of carbonyl (C=O) groups excluding carboxylic acids is 1. The van der Waals surface area contributed by atoms with E-state index in [1.165, 1.54) is 0 Å². The third-order valence-corrected chi connectivity index (χ3v) is 5.55. The van der Waals surface area contributed by atoms with Crippen LogP contribution in [0.5, 0.6) is 5.75 Å². The molecule has 0 radical (unpaired) electrons. The van der Waals surface area contributed by atoms with Gasteiger partial charge >= 0.3 is 0 Å². The Morgan fingerprint density at radius 1 is 1.26 bits per heavy atom. The van der Waals surface area contributed by atoms with E-state index in [0.717, 1.165) is 49.7 Å². The first kappa shape index (κ1) is 18.0. The summed E-state index contributed by atoms with van der Waals surface area (Å²) in [4.78, 5) is 18.5. The molecule has 7 nitrogen and oxygen atoms in total. The van der Waals surface area contributed by atoms with Gasteiger partial charge in [-0.15, -0.1) is 0 Å². The maximum absolute atomic E-state index is 11.6. The van der Waals surface area contributed by atoms with Crippen LogP contribution in [0.3, 0.4) is 0 Å². The van der Waals surface area contributed by atoms with Crippen LogP contribution < -0.4 is 10.1 Å². The highest BCUT2D eigenvalue weighted by molar-refractivity contribution is 5.76. The van der Waals surface area contributed by atoms with Crippen molar-refractivity contribution in [3.05, 3.63) is 42.5 Å². The second-order valence-electron chi connectivity index (χ2n) is 7.25. The van der Waals surface area contributed by atoms with E-state index in [-0.39, 0.29) is 11.5 Å². The number of ether oxygens (including phenoxy) is 2. The Morgan fingerprint density at radius 2 is 2.04 bits per heavy atom. The van der Waals surface area contributed by atoms with Gasteiger partial charge in [0.2, 0.25) is 5.91 Å². The summed E-state index contributed by atoms with van der Waals surface area (Å²) in [5.74, 6) is 1.96. The molecule has 2 fully saturated rings. The van der Waals surface area contributed by atoms with Crippen molar-refractivity contribution in [2.45, 2.75) is 31.4 Å². The van der Waals surface area contributed by atoms with Crippen molar-refractivity contribution in [2.24, 2.45) is 0 Å². The molecule has 2 aliphatic rings. The number of likely N-dealkylation sites (tertiary alicyclic amines) is 1. The first-order chi connectivity index (χ1) is 13.2. The highest BCUT2D eigenvalue weighted by Crippen LogP contribution is 2.28. The summed E-state index contributed by atoms with van der Waals surface area (Å²) in [5, 5.41) is 3.00. The zero-order valence-corrected chi connectivity index (χ0v) is 15.7. The maximum Gasteiger partial charge on any atom is 0.222 e. The topological polar surface area (TPSA) is 68.6 Å². The lowest BCUT2D eigenvalue weighted by Crippen LogP contribution is -2.50. The molecule has 3 heterocycles. The lowest BCUT2D eigenvalue weighted by atomic mass is 9.91. The first-order valence-corrected chi connectivity index (χ1v) is 9.47. The van der Waals surface area contributed by atoms with Gasteiger partial charge in [-0.2, -0.15) is 0 Å². The van der Waals surface area contributed by atoms with Crippen LogP contribution in [0, 0.1) is 0 Å². The molecule has 0 unspecified atom stereocenters. The minimum atomic E-state index is -0.200. The van der Waals surface area contributed by atoms with Crippen LogP contribution >= 0.6 is 0 Å². The second-order valence-corrected chi connectivity index (χ2v) is 7.25. The van der Waals surface area contributed by atoms with Crippen LogP contribution in [0.15, 0.2) is 36.7 Å². The molecular formula is C20H26N4O3. The number of benzene rings is 1. The number of nitrogens with one attached hydrogen (secondary N) is 1. The van der Waals surface area contributed by atoms with Crippen molar-refractivity contribution in [1.29, 1.82) is 0 Å². The average Bonchev–Trinajstić information content (AvgIpc) is 3.08. The van der Waals surface area contributed by atoms with Crippen LogP contribution in [0.1, 0.15) is 25.1 Å². The molecule has 1 amide bonds. The molecule has 1 aromatic heterocycles. The lowest BCUT2D eigenvalue weighted by Gasteiger charge is -2.40. The zero-order chi connectivity index (χ0) is 18.7. The van der Waals surface area contributed by atoms with E-state index in [2.05, 4.69) is 19.8 Å². The summed E-state index contributed by atoms with van der Waals surface area (Å²) in [6.07, 6.45) is 6.15. The number of nitrogens with zero attached hydrogens (tertiary/aromatic N) is 3. The molecule has 2 aliphatic heterocycles. The fraction of sp³-hybridized carbons (Fsp3) is 0.500. The minimum absolute atomic E-state index is 0.0934. The number of hydrogen-bond donors (Lipinski definition) is 1. The van der Waals surface area contributed by atoms with E-state index >= 15 is 0 Å². The summed E-state index contributed by atoms with van der Waals surface area (Å²) < 4.78 is 13.4. The Bertz CT molecular complexity index is 779. The Labute approximate surface area is 159 Å². The molecule has 0 bridgehead atoms. The predicted octanol–water partition coefficient (Wildman–Crippen LogP) is 1.75. The molecule has 4 rings (SSSR count). The summed E-state index contributed by atoms with van der Waals surface area (Å²) >= 11 is 0. The second kappa shape index (κ2) is 7.70. The summed E-state index contributed by atoms with van der Waals surface area (Å²) in [7, 11) is 1.67. The predicted molar refractivity (Wildman–Crippen MR) is 101 cm³/mol. The van der Waals surface area contributed by atoms with Gasteiger partial charge in [-0.25, -0.2) is 4.98 Å². The molecule has 1 N–H and O–H groups in total. The molecule has 7 heteroatoms. The van der Waals surface area contributed by atoms with Gasteiger partial charge in [0.05, 0.1) is 25.9 Å². The van der Waals surface area contributed by atoms with Gasteiger partial charge in [-0.1, -0.05) is 0 Å². The highest BCUT2D eigenvalue weighted by atomic mass is 16.5. The van der Waals surface area contributed by atoms with Crippen LogP contribution in [-0.4, -0.2) is 59.3 Å². The summed E-state index contributed by atoms with van der Waals surface area (Å²) in [6, 6.07) is 8.00. The lowest BCUT2D eigenvalue weighted by molar-refractivity contribution is -0.120. The molecular weight excluding hydrogens is 344 g/mol. The van der Waals surface area contributed by atoms with E-state index in [0.29, 0.717) is 19.6 Å². The molecule has 0 atom stereocenters. The van der Waals surface area contributed by atoms with E-state index in [1.54, 1.807) is 7.11 Å². The van der Waals surface area contributed by atoms with Crippen LogP contribution in [0.25, 0.3) is 5.69 Å². The van der Waals surface area contributed by atoms with E-state index in [9.17, 15) is 4.79 Å². The van der Waals surface area contributed by atoms with Gasteiger partial charge in [0.25, 0.3) is 0 Å². The fourth-order valence-corrected chi connectivity index (χ4v) is 3.83. The Balaban J connectivity index is 1.40. The van der Waals surface area contributed by atoms with Crippen molar-refractivity contribution >= 4 is 5.91 Å². The SMILES string of the molecule is COc1ccc(-n2ccnc2CN2CCC3(CC2)CNC(=O)CCO3)cc1. The number of hydrogen-bond acceptors (Lipinski definition) is 5. The molecule has 2 aromatic rings. The smallest absolute Gasteiger partial charge is 0.222 e. The Morgan fingerprint density at radius 3 is 2.78 bits per heavy atom. The van der Waals surface area contributed by atoms with E-state index in [4.69, 9.17) is 9.47 Å². The number of rotatable bonds is 4. The van der Waals surface area contributed by atoms with Crippen molar-refractivity contribution in [3.8, 4) is 11.4 Å². The van der Waals surface area contributed by atoms with Crippen molar-refractivity contribution in [3.63, 3.8) is 0 Å². The van der Waals surface area contributed by atoms with E-state index < -0.39 is 0 Å². The van der Waals surface area contributed by atoms with Crippen molar-refractivity contribution in [2.75, 3.05) is 33.4 Å². The Kier molecular flexibility index (Phi) is 5.13. The van der Waals surface area contributed by atoms with Gasteiger partial charge in [0.1, 0.15) is 11.6 Å². The third kappa shape index (κ3) is 3.99. The molecule has 144 valence electrons. The quantitative estimate of drug-likeness (QED) is 0.888. The minimum Gasteiger partial charge on any atom is -0.497 e. The van der Waals surface area contributed by atoms with Gasteiger partial charge in [-0.3, -0.25) is 9.69 Å². The van der Waals surface area contributed by atoms with Crippen molar-refractivity contribution in [1.82, 2.24) is 19.8 Å².